The van der Waals surface area contributed by atoms with Gasteiger partial charge in [-0.05, 0) is 67.3 Å². The molecule has 0 radical (unpaired) electrons. The zero-order valence-corrected chi connectivity index (χ0v) is 21.5. The molecule has 2 aromatic carbocycles. The molecule has 196 valence electrons. The standard InChI is InChI=1S/C29H39NO6/c1-3-5-6-7-8-9-10-11-19-35-27-17-15-23(20-24(27)16-18-28(31)32)22-30-36-26-14-12-13-25(21-26)29(33)34-4-2/h12-15,17,20-22H,3-11,16,18-19H2,1-2H3,(H,31,32). The Morgan fingerprint density at radius 3 is 2.42 bits per heavy atom. The van der Waals surface area contributed by atoms with Gasteiger partial charge in [-0.1, -0.05) is 63.1 Å². The number of rotatable bonds is 18. The summed E-state index contributed by atoms with van der Waals surface area (Å²) in [4.78, 5) is 28.4. The van der Waals surface area contributed by atoms with Crippen LogP contribution in [0.15, 0.2) is 47.6 Å². The average Bonchev–Trinajstić information content (AvgIpc) is 2.87. The molecule has 0 spiro atoms. The molecule has 36 heavy (non-hydrogen) atoms. The van der Waals surface area contributed by atoms with E-state index in [0.717, 1.165) is 24.0 Å². The molecule has 2 aromatic rings. The number of aliphatic carboxylic acids is 1. The maximum Gasteiger partial charge on any atom is 0.338 e. The molecule has 2 rings (SSSR count). The number of oxime groups is 1. The molecule has 0 heterocycles. The third-order valence-corrected chi connectivity index (χ3v) is 5.65. The summed E-state index contributed by atoms with van der Waals surface area (Å²) in [5, 5.41) is 13.1. The fourth-order valence-electron chi connectivity index (χ4n) is 3.72. The van der Waals surface area contributed by atoms with Crippen molar-refractivity contribution in [2.75, 3.05) is 13.2 Å². The van der Waals surface area contributed by atoms with Gasteiger partial charge in [0.2, 0.25) is 0 Å². The van der Waals surface area contributed by atoms with E-state index < -0.39 is 11.9 Å². The number of unbranched alkanes of at least 4 members (excludes halogenated alkanes) is 7. The average molecular weight is 498 g/mol. The highest BCUT2D eigenvalue weighted by molar-refractivity contribution is 5.89. The lowest BCUT2D eigenvalue weighted by Gasteiger charge is -2.12. The van der Waals surface area contributed by atoms with Gasteiger partial charge in [-0.2, -0.15) is 0 Å². The van der Waals surface area contributed by atoms with Crippen LogP contribution >= 0.6 is 0 Å². The summed E-state index contributed by atoms with van der Waals surface area (Å²) in [7, 11) is 0. The summed E-state index contributed by atoms with van der Waals surface area (Å²) in [6.45, 7) is 4.89. The van der Waals surface area contributed by atoms with Crippen LogP contribution in [0.4, 0.5) is 0 Å². The molecule has 0 aliphatic rings. The van der Waals surface area contributed by atoms with Gasteiger partial charge < -0.3 is 19.4 Å². The second-order valence-corrected chi connectivity index (χ2v) is 8.66. The van der Waals surface area contributed by atoms with Gasteiger partial charge in [0, 0.05) is 6.42 Å². The van der Waals surface area contributed by atoms with E-state index >= 15 is 0 Å². The topological polar surface area (TPSA) is 94.4 Å². The molecule has 0 saturated heterocycles. The molecule has 0 bridgehead atoms. The molecule has 0 fully saturated rings. The normalized spacial score (nSPS) is 10.9. The first-order valence-corrected chi connectivity index (χ1v) is 13.0. The van der Waals surface area contributed by atoms with Crippen LogP contribution in [-0.4, -0.2) is 36.5 Å². The number of esters is 1. The molecule has 0 amide bonds. The highest BCUT2D eigenvalue weighted by Crippen LogP contribution is 2.22. The predicted octanol–water partition coefficient (Wildman–Crippen LogP) is 6.81. The number of benzene rings is 2. The summed E-state index contributed by atoms with van der Waals surface area (Å²) in [5.41, 5.74) is 1.97. The third kappa shape index (κ3) is 11.4. The van der Waals surface area contributed by atoms with Crippen molar-refractivity contribution in [2.24, 2.45) is 5.16 Å². The first kappa shape index (κ1) is 28.9. The van der Waals surface area contributed by atoms with Crippen molar-refractivity contribution in [2.45, 2.75) is 78.1 Å². The van der Waals surface area contributed by atoms with Crippen molar-refractivity contribution in [3.05, 3.63) is 59.2 Å². The smallest absolute Gasteiger partial charge is 0.338 e. The Morgan fingerprint density at radius 2 is 1.69 bits per heavy atom. The van der Waals surface area contributed by atoms with Crippen LogP contribution in [0.2, 0.25) is 0 Å². The number of hydrogen-bond donors (Lipinski definition) is 1. The summed E-state index contributed by atoms with van der Waals surface area (Å²) in [6.07, 6.45) is 11.7. The van der Waals surface area contributed by atoms with Crippen molar-refractivity contribution in [1.82, 2.24) is 0 Å². The highest BCUT2D eigenvalue weighted by atomic mass is 16.6. The van der Waals surface area contributed by atoms with Crippen molar-refractivity contribution in [3.8, 4) is 11.5 Å². The second kappa shape index (κ2) is 17.1. The Labute approximate surface area is 214 Å². The van der Waals surface area contributed by atoms with Crippen LogP contribution in [0, 0.1) is 0 Å². The summed E-state index contributed by atoms with van der Waals surface area (Å²) >= 11 is 0. The van der Waals surface area contributed by atoms with Crippen molar-refractivity contribution in [1.29, 1.82) is 0 Å². The van der Waals surface area contributed by atoms with Crippen molar-refractivity contribution < 1.29 is 29.0 Å². The Hall–Kier alpha value is -3.35. The molecular weight excluding hydrogens is 458 g/mol. The molecule has 1 N–H and O–H groups in total. The lowest BCUT2D eigenvalue weighted by molar-refractivity contribution is -0.136. The molecule has 0 unspecified atom stereocenters. The van der Waals surface area contributed by atoms with Gasteiger partial charge in [-0.3, -0.25) is 4.79 Å². The molecule has 0 atom stereocenters. The van der Waals surface area contributed by atoms with Crippen molar-refractivity contribution in [3.63, 3.8) is 0 Å². The molecular formula is C29H39NO6. The number of carboxylic acids is 1. The third-order valence-electron chi connectivity index (χ3n) is 5.65. The van der Waals surface area contributed by atoms with E-state index in [9.17, 15) is 9.59 Å². The SMILES string of the molecule is CCCCCCCCCCOc1ccc(C=NOc2cccc(C(=O)OCC)c2)cc1CCC(=O)O. The summed E-state index contributed by atoms with van der Waals surface area (Å²) in [5.74, 6) is -0.155. The number of hydrogen-bond acceptors (Lipinski definition) is 6. The maximum atomic E-state index is 11.9. The van der Waals surface area contributed by atoms with E-state index in [4.69, 9.17) is 19.4 Å². The van der Waals surface area contributed by atoms with Gasteiger partial charge in [0.25, 0.3) is 0 Å². The Morgan fingerprint density at radius 1 is 0.944 bits per heavy atom. The van der Waals surface area contributed by atoms with E-state index in [1.807, 2.05) is 18.2 Å². The monoisotopic (exact) mass is 497 g/mol. The Bertz CT molecular complexity index is 972. The molecule has 7 heteroatoms. The predicted molar refractivity (Wildman–Crippen MR) is 141 cm³/mol. The lowest BCUT2D eigenvalue weighted by atomic mass is 10.1. The van der Waals surface area contributed by atoms with Gasteiger partial charge >= 0.3 is 11.9 Å². The van der Waals surface area contributed by atoms with E-state index in [2.05, 4.69) is 12.1 Å². The van der Waals surface area contributed by atoms with E-state index in [1.165, 1.54) is 38.5 Å². The summed E-state index contributed by atoms with van der Waals surface area (Å²) in [6, 6.07) is 12.2. The maximum absolute atomic E-state index is 11.9. The Kier molecular flexibility index (Phi) is 13.8. The zero-order valence-electron chi connectivity index (χ0n) is 21.5. The quantitative estimate of drug-likeness (QED) is 0.105. The van der Waals surface area contributed by atoms with Crippen LogP contribution in [0.3, 0.4) is 0 Å². The number of nitrogens with zero attached hydrogens (tertiary/aromatic N) is 1. The van der Waals surface area contributed by atoms with Crippen molar-refractivity contribution >= 4 is 18.2 Å². The fourth-order valence-corrected chi connectivity index (χ4v) is 3.72. The number of aryl methyl sites for hydroxylation is 1. The van der Waals surface area contributed by atoms with Gasteiger partial charge in [0.05, 0.1) is 25.0 Å². The molecule has 7 nitrogen and oxygen atoms in total. The minimum atomic E-state index is -0.854. The largest absolute Gasteiger partial charge is 0.493 e. The van der Waals surface area contributed by atoms with Crippen LogP contribution in [0.1, 0.15) is 93.1 Å². The molecule has 0 aliphatic carbocycles. The minimum Gasteiger partial charge on any atom is -0.493 e. The van der Waals surface area contributed by atoms with Crippen LogP contribution in [0.25, 0.3) is 0 Å². The van der Waals surface area contributed by atoms with Gasteiger partial charge in [0.1, 0.15) is 5.75 Å². The number of carbonyl (C=O) groups excluding carboxylic acids is 1. The number of carboxylic acid groups (broad SMARTS) is 1. The van der Waals surface area contributed by atoms with Gasteiger partial charge in [-0.25, -0.2) is 4.79 Å². The van der Waals surface area contributed by atoms with Crippen LogP contribution in [-0.2, 0) is 16.0 Å². The lowest BCUT2D eigenvalue weighted by Crippen LogP contribution is -2.04. The van der Waals surface area contributed by atoms with Crippen LogP contribution in [0.5, 0.6) is 11.5 Å². The van der Waals surface area contributed by atoms with Crippen LogP contribution < -0.4 is 9.57 Å². The van der Waals surface area contributed by atoms with E-state index in [0.29, 0.717) is 36.7 Å². The highest BCUT2D eigenvalue weighted by Gasteiger charge is 2.09. The number of ether oxygens (including phenoxy) is 2. The van der Waals surface area contributed by atoms with E-state index in [-0.39, 0.29) is 6.42 Å². The van der Waals surface area contributed by atoms with Gasteiger partial charge in [-0.15, -0.1) is 0 Å². The minimum absolute atomic E-state index is 0.0197. The Balaban J connectivity index is 1.91. The molecule has 0 aromatic heterocycles. The van der Waals surface area contributed by atoms with E-state index in [1.54, 1.807) is 37.4 Å². The fraction of sp³-hybridized carbons (Fsp3) is 0.483. The molecule has 0 saturated carbocycles. The van der Waals surface area contributed by atoms with Gasteiger partial charge in [0.15, 0.2) is 5.75 Å². The number of carbonyl (C=O) groups is 2. The first-order valence-electron chi connectivity index (χ1n) is 13.0. The second-order valence-electron chi connectivity index (χ2n) is 8.66. The molecule has 0 aliphatic heterocycles. The summed E-state index contributed by atoms with van der Waals surface area (Å²) < 4.78 is 11.0. The zero-order chi connectivity index (χ0) is 26.0. The first-order chi connectivity index (χ1) is 17.5.